The van der Waals surface area contributed by atoms with E-state index in [0.717, 1.165) is 0 Å². The normalized spacial score (nSPS) is 9.50. The van der Waals surface area contributed by atoms with Crippen molar-refractivity contribution in [1.82, 2.24) is 5.32 Å². The fourth-order valence-corrected chi connectivity index (χ4v) is 1.46. The van der Waals surface area contributed by atoms with E-state index in [1.807, 2.05) is 6.07 Å². The van der Waals surface area contributed by atoms with E-state index in [9.17, 15) is 9.59 Å². The van der Waals surface area contributed by atoms with E-state index >= 15 is 0 Å². The standard InChI is InChI=1S/C13H15N3O2/c14-9-10-4-3-5-11(8-10)13(18)16-7-2-1-6-12(15)17/h3-5,8H,1-2,6-7H2,(H2,15,17)(H,16,18). The van der Waals surface area contributed by atoms with Crippen LogP contribution in [-0.2, 0) is 4.79 Å². The number of nitrogens with zero attached hydrogens (tertiary/aromatic N) is 1. The van der Waals surface area contributed by atoms with Crippen LogP contribution in [0.5, 0.6) is 0 Å². The second kappa shape index (κ2) is 7.07. The number of hydrogen-bond donors (Lipinski definition) is 2. The minimum absolute atomic E-state index is 0.217. The molecule has 3 N–H and O–H groups in total. The van der Waals surface area contributed by atoms with E-state index in [1.165, 1.54) is 0 Å². The van der Waals surface area contributed by atoms with Gasteiger partial charge in [-0.15, -0.1) is 0 Å². The number of rotatable bonds is 6. The molecule has 5 heteroatoms. The average molecular weight is 245 g/mol. The lowest BCUT2D eigenvalue weighted by Crippen LogP contribution is -2.24. The monoisotopic (exact) mass is 245 g/mol. The van der Waals surface area contributed by atoms with Gasteiger partial charge in [0.25, 0.3) is 5.91 Å². The first-order valence-corrected chi connectivity index (χ1v) is 5.70. The van der Waals surface area contributed by atoms with E-state index in [0.29, 0.717) is 36.9 Å². The van der Waals surface area contributed by atoms with Crippen molar-refractivity contribution in [3.8, 4) is 6.07 Å². The van der Waals surface area contributed by atoms with Crippen LogP contribution in [0, 0.1) is 11.3 Å². The molecule has 0 radical (unpaired) electrons. The smallest absolute Gasteiger partial charge is 0.251 e. The number of benzene rings is 1. The van der Waals surface area contributed by atoms with Crippen molar-refractivity contribution in [3.63, 3.8) is 0 Å². The molecule has 0 aromatic heterocycles. The Balaban J connectivity index is 2.36. The van der Waals surface area contributed by atoms with Crippen molar-refractivity contribution in [1.29, 1.82) is 5.26 Å². The molecular weight excluding hydrogens is 230 g/mol. The zero-order chi connectivity index (χ0) is 13.4. The summed E-state index contributed by atoms with van der Waals surface area (Å²) in [5.41, 5.74) is 5.92. The number of primary amides is 1. The van der Waals surface area contributed by atoms with Crippen molar-refractivity contribution in [2.45, 2.75) is 19.3 Å². The van der Waals surface area contributed by atoms with Crippen LogP contribution in [0.15, 0.2) is 24.3 Å². The minimum atomic E-state index is -0.331. The van der Waals surface area contributed by atoms with Crippen LogP contribution in [0.4, 0.5) is 0 Å². The highest BCUT2D eigenvalue weighted by molar-refractivity contribution is 5.94. The summed E-state index contributed by atoms with van der Waals surface area (Å²) >= 11 is 0. The number of hydrogen-bond acceptors (Lipinski definition) is 3. The van der Waals surface area contributed by atoms with E-state index in [-0.39, 0.29) is 11.8 Å². The fraction of sp³-hybridized carbons (Fsp3) is 0.308. The highest BCUT2D eigenvalue weighted by atomic mass is 16.2. The Bertz CT molecular complexity index is 477. The molecule has 1 rings (SSSR count). The van der Waals surface area contributed by atoms with Crippen molar-refractivity contribution in [2.75, 3.05) is 6.54 Å². The Morgan fingerprint density at radius 2 is 2.11 bits per heavy atom. The van der Waals surface area contributed by atoms with Gasteiger partial charge in [0.2, 0.25) is 5.91 Å². The van der Waals surface area contributed by atoms with Crippen LogP contribution >= 0.6 is 0 Å². The predicted molar refractivity (Wildman–Crippen MR) is 66.5 cm³/mol. The summed E-state index contributed by atoms with van der Waals surface area (Å²) in [5, 5.41) is 11.4. The van der Waals surface area contributed by atoms with Gasteiger partial charge in [0, 0.05) is 18.5 Å². The quantitative estimate of drug-likeness (QED) is 0.730. The van der Waals surface area contributed by atoms with E-state index in [2.05, 4.69) is 5.32 Å². The van der Waals surface area contributed by atoms with Gasteiger partial charge < -0.3 is 11.1 Å². The number of nitriles is 1. The maximum absolute atomic E-state index is 11.7. The number of carbonyl (C=O) groups is 2. The van der Waals surface area contributed by atoms with Gasteiger partial charge in [-0.05, 0) is 31.0 Å². The zero-order valence-electron chi connectivity index (χ0n) is 9.98. The van der Waals surface area contributed by atoms with Crippen molar-refractivity contribution < 1.29 is 9.59 Å². The Labute approximate surface area is 106 Å². The number of unbranched alkanes of at least 4 members (excludes halogenated alkanes) is 1. The first-order valence-electron chi connectivity index (χ1n) is 5.70. The molecule has 0 saturated heterocycles. The maximum Gasteiger partial charge on any atom is 0.251 e. The third kappa shape index (κ3) is 4.66. The molecule has 0 bridgehead atoms. The molecule has 2 amide bonds. The van der Waals surface area contributed by atoms with E-state index in [4.69, 9.17) is 11.0 Å². The molecule has 1 aromatic rings. The van der Waals surface area contributed by atoms with Crippen LogP contribution in [-0.4, -0.2) is 18.4 Å². The van der Waals surface area contributed by atoms with Crippen LogP contribution in [0.1, 0.15) is 35.2 Å². The highest BCUT2D eigenvalue weighted by Gasteiger charge is 2.05. The predicted octanol–water partition coefficient (Wildman–Crippen LogP) is 0.944. The lowest BCUT2D eigenvalue weighted by molar-refractivity contribution is -0.118. The lowest BCUT2D eigenvalue weighted by Gasteiger charge is -2.04. The molecule has 18 heavy (non-hydrogen) atoms. The maximum atomic E-state index is 11.7. The second-order valence-corrected chi connectivity index (χ2v) is 3.87. The van der Waals surface area contributed by atoms with Gasteiger partial charge in [0.1, 0.15) is 0 Å². The first-order chi connectivity index (χ1) is 8.63. The zero-order valence-corrected chi connectivity index (χ0v) is 9.98. The number of nitrogens with one attached hydrogen (secondary N) is 1. The summed E-state index contributed by atoms with van der Waals surface area (Å²) in [4.78, 5) is 22.2. The summed E-state index contributed by atoms with van der Waals surface area (Å²) in [6, 6.07) is 8.48. The fourth-order valence-electron chi connectivity index (χ4n) is 1.46. The van der Waals surface area contributed by atoms with Gasteiger partial charge in [-0.3, -0.25) is 9.59 Å². The molecule has 5 nitrogen and oxygen atoms in total. The van der Waals surface area contributed by atoms with Crippen LogP contribution in [0.3, 0.4) is 0 Å². The third-order valence-corrected chi connectivity index (χ3v) is 2.39. The second-order valence-electron chi connectivity index (χ2n) is 3.87. The molecule has 1 aromatic carbocycles. The van der Waals surface area contributed by atoms with Gasteiger partial charge in [0.15, 0.2) is 0 Å². The Morgan fingerprint density at radius 3 is 2.78 bits per heavy atom. The van der Waals surface area contributed by atoms with Gasteiger partial charge in [-0.1, -0.05) is 6.07 Å². The molecule has 0 atom stereocenters. The molecule has 0 saturated carbocycles. The van der Waals surface area contributed by atoms with Crippen LogP contribution < -0.4 is 11.1 Å². The summed E-state index contributed by atoms with van der Waals surface area (Å²) < 4.78 is 0. The largest absolute Gasteiger partial charge is 0.370 e. The minimum Gasteiger partial charge on any atom is -0.370 e. The van der Waals surface area contributed by atoms with Crippen molar-refractivity contribution in [2.24, 2.45) is 5.73 Å². The molecule has 0 spiro atoms. The topological polar surface area (TPSA) is 96.0 Å². The van der Waals surface area contributed by atoms with Crippen molar-refractivity contribution >= 4 is 11.8 Å². The Hall–Kier alpha value is -2.35. The first kappa shape index (κ1) is 13.7. The molecule has 0 unspecified atom stereocenters. The van der Waals surface area contributed by atoms with Crippen molar-refractivity contribution in [3.05, 3.63) is 35.4 Å². The summed E-state index contributed by atoms with van der Waals surface area (Å²) in [5.74, 6) is -0.547. The van der Waals surface area contributed by atoms with Crippen LogP contribution in [0.25, 0.3) is 0 Å². The summed E-state index contributed by atoms with van der Waals surface area (Å²) in [6.07, 6.45) is 1.69. The molecular formula is C13H15N3O2. The lowest BCUT2D eigenvalue weighted by atomic mass is 10.1. The Morgan fingerprint density at radius 1 is 1.33 bits per heavy atom. The molecule has 0 aliphatic carbocycles. The number of amides is 2. The SMILES string of the molecule is N#Cc1cccc(C(=O)NCCCCC(N)=O)c1. The molecule has 0 aliphatic rings. The number of nitrogens with two attached hydrogens (primary N) is 1. The summed E-state index contributed by atoms with van der Waals surface area (Å²) in [7, 11) is 0. The third-order valence-electron chi connectivity index (χ3n) is 2.39. The molecule has 0 aliphatic heterocycles. The highest BCUT2D eigenvalue weighted by Crippen LogP contribution is 2.04. The van der Waals surface area contributed by atoms with Crippen LogP contribution in [0.2, 0.25) is 0 Å². The van der Waals surface area contributed by atoms with Gasteiger partial charge >= 0.3 is 0 Å². The Kier molecular flexibility index (Phi) is 5.39. The molecule has 0 heterocycles. The average Bonchev–Trinajstić information content (AvgIpc) is 2.37. The van der Waals surface area contributed by atoms with E-state index in [1.54, 1.807) is 24.3 Å². The van der Waals surface area contributed by atoms with Gasteiger partial charge in [-0.25, -0.2) is 0 Å². The number of carbonyl (C=O) groups excluding carboxylic acids is 2. The summed E-state index contributed by atoms with van der Waals surface area (Å²) in [6.45, 7) is 0.489. The van der Waals surface area contributed by atoms with Gasteiger partial charge in [0.05, 0.1) is 11.6 Å². The van der Waals surface area contributed by atoms with E-state index < -0.39 is 0 Å². The molecule has 94 valence electrons. The van der Waals surface area contributed by atoms with Gasteiger partial charge in [-0.2, -0.15) is 5.26 Å². The molecule has 0 fully saturated rings.